The molecule has 0 aliphatic carbocycles. The molecule has 3 nitrogen and oxygen atoms in total. The Bertz CT molecular complexity index is 480. The molecule has 1 N–H and O–H groups in total. The molecule has 1 aromatic carbocycles. The summed E-state index contributed by atoms with van der Waals surface area (Å²) in [4.78, 5) is 11.4. The van der Waals surface area contributed by atoms with Gasteiger partial charge < -0.3 is 9.84 Å². The maximum absolute atomic E-state index is 11.4. The summed E-state index contributed by atoms with van der Waals surface area (Å²) in [7, 11) is 0. The standard InChI is InChI=1S/C17H24O3/c1-4-16(3)12-17(9-10-20-16,11-15(18)19)14-7-5-13(2)6-8-14/h5-8H,4,9-12H2,1-3H3,(H,18,19)/t16-,17-/m0/s1. The first-order valence-electron chi connectivity index (χ1n) is 7.32. The Morgan fingerprint density at radius 2 is 2.00 bits per heavy atom. The molecule has 2 rings (SSSR count). The minimum atomic E-state index is -0.731. The number of hydrogen-bond acceptors (Lipinski definition) is 2. The summed E-state index contributed by atoms with van der Waals surface area (Å²) in [5.41, 5.74) is 1.80. The van der Waals surface area contributed by atoms with Crippen molar-refractivity contribution in [2.24, 2.45) is 0 Å². The van der Waals surface area contributed by atoms with Crippen LogP contribution in [0.5, 0.6) is 0 Å². The van der Waals surface area contributed by atoms with Gasteiger partial charge in [0, 0.05) is 12.0 Å². The Labute approximate surface area is 121 Å². The first kappa shape index (κ1) is 15.0. The normalized spacial score (nSPS) is 30.1. The number of aliphatic carboxylic acids is 1. The van der Waals surface area contributed by atoms with Crippen LogP contribution in [0.4, 0.5) is 0 Å². The Morgan fingerprint density at radius 1 is 1.35 bits per heavy atom. The monoisotopic (exact) mass is 276 g/mol. The molecule has 0 radical (unpaired) electrons. The molecule has 1 heterocycles. The third-order valence-corrected chi connectivity index (χ3v) is 4.64. The van der Waals surface area contributed by atoms with Gasteiger partial charge in [-0.15, -0.1) is 0 Å². The Kier molecular flexibility index (Phi) is 4.19. The van der Waals surface area contributed by atoms with Crippen LogP contribution in [0.15, 0.2) is 24.3 Å². The molecule has 1 saturated heterocycles. The molecule has 0 amide bonds. The SMILES string of the molecule is CC[C@@]1(C)C[C@](CC(=O)O)(c2ccc(C)cc2)CCO1. The number of carboxylic acid groups (broad SMARTS) is 1. The quantitative estimate of drug-likeness (QED) is 0.912. The van der Waals surface area contributed by atoms with Gasteiger partial charge in [-0.25, -0.2) is 0 Å². The summed E-state index contributed by atoms with van der Waals surface area (Å²) in [6.07, 6.45) is 2.62. The highest BCUT2D eigenvalue weighted by atomic mass is 16.5. The lowest BCUT2D eigenvalue weighted by Gasteiger charge is -2.46. The largest absolute Gasteiger partial charge is 0.481 e. The maximum Gasteiger partial charge on any atom is 0.304 e. The van der Waals surface area contributed by atoms with E-state index in [1.807, 2.05) is 6.92 Å². The molecule has 0 aromatic heterocycles. The zero-order valence-corrected chi connectivity index (χ0v) is 12.6. The number of hydrogen-bond donors (Lipinski definition) is 1. The first-order valence-corrected chi connectivity index (χ1v) is 7.32. The fraction of sp³-hybridized carbons (Fsp3) is 0.588. The molecule has 0 saturated carbocycles. The topological polar surface area (TPSA) is 46.5 Å². The van der Waals surface area contributed by atoms with Crippen molar-refractivity contribution < 1.29 is 14.6 Å². The van der Waals surface area contributed by atoms with Crippen molar-refractivity contribution in [1.82, 2.24) is 0 Å². The molecule has 20 heavy (non-hydrogen) atoms. The van der Waals surface area contributed by atoms with Crippen LogP contribution in [0.3, 0.4) is 0 Å². The number of carbonyl (C=O) groups is 1. The van der Waals surface area contributed by atoms with E-state index in [0.717, 1.165) is 24.8 Å². The summed E-state index contributed by atoms with van der Waals surface area (Å²) in [6.45, 7) is 6.88. The van der Waals surface area contributed by atoms with Crippen LogP contribution < -0.4 is 0 Å². The van der Waals surface area contributed by atoms with Crippen molar-refractivity contribution in [3.63, 3.8) is 0 Å². The molecular formula is C17H24O3. The molecule has 2 atom stereocenters. The maximum atomic E-state index is 11.4. The summed E-state index contributed by atoms with van der Waals surface area (Å²) in [5.74, 6) is -0.731. The molecule has 0 spiro atoms. The van der Waals surface area contributed by atoms with Gasteiger partial charge in [0.05, 0.1) is 12.0 Å². The van der Waals surface area contributed by atoms with E-state index < -0.39 is 5.97 Å². The van der Waals surface area contributed by atoms with Crippen LogP contribution >= 0.6 is 0 Å². The summed E-state index contributed by atoms with van der Waals surface area (Å²) >= 11 is 0. The van der Waals surface area contributed by atoms with Crippen LogP contribution in [0.25, 0.3) is 0 Å². The zero-order valence-electron chi connectivity index (χ0n) is 12.6. The van der Waals surface area contributed by atoms with Crippen LogP contribution in [0.1, 0.15) is 50.7 Å². The number of ether oxygens (including phenoxy) is 1. The fourth-order valence-corrected chi connectivity index (χ4v) is 3.27. The smallest absolute Gasteiger partial charge is 0.304 e. The summed E-state index contributed by atoms with van der Waals surface area (Å²) < 4.78 is 5.90. The molecule has 110 valence electrons. The lowest BCUT2D eigenvalue weighted by Crippen LogP contribution is -2.46. The van der Waals surface area contributed by atoms with Gasteiger partial charge in [0.2, 0.25) is 0 Å². The van der Waals surface area contributed by atoms with Gasteiger partial charge in [-0.2, -0.15) is 0 Å². The van der Waals surface area contributed by atoms with Gasteiger partial charge in [0.15, 0.2) is 0 Å². The predicted molar refractivity (Wildman–Crippen MR) is 79.0 cm³/mol. The van der Waals surface area contributed by atoms with Crippen LogP contribution in [-0.4, -0.2) is 23.3 Å². The molecule has 0 bridgehead atoms. The Morgan fingerprint density at radius 3 is 2.55 bits per heavy atom. The van der Waals surface area contributed by atoms with Crippen LogP contribution in [-0.2, 0) is 14.9 Å². The molecule has 1 aromatic rings. The van der Waals surface area contributed by atoms with Crippen molar-refractivity contribution in [2.45, 2.75) is 57.5 Å². The summed E-state index contributed by atoms with van der Waals surface area (Å²) in [5, 5.41) is 9.35. The Hall–Kier alpha value is -1.35. The molecule has 1 aliphatic heterocycles. The predicted octanol–water partition coefficient (Wildman–Crippen LogP) is 3.69. The van der Waals surface area contributed by atoms with Gasteiger partial charge in [0.1, 0.15) is 0 Å². The number of carboxylic acids is 1. The minimum absolute atomic E-state index is 0.176. The highest BCUT2D eigenvalue weighted by Gasteiger charge is 2.44. The van der Waals surface area contributed by atoms with E-state index in [0.29, 0.717) is 6.61 Å². The second-order valence-electron chi connectivity index (χ2n) is 6.30. The van der Waals surface area contributed by atoms with E-state index in [9.17, 15) is 9.90 Å². The number of rotatable bonds is 4. The van der Waals surface area contributed by atoms with Crippen LogP contribution in [0.2, 0.25) is 0 Å². The highest BCUT2D eigenvalue weighted by molar-refractivity contribution is 5.69. The van der Waals surface area contributed by atoms with E-state index in [2.05, 4.69) is 38.1 Å². The van der Waals surface area contributed by atoms with Crippen molar-refractivity contribution in [3.05, 3.63) is 35.4 Å². The Balaban J connectivity index is 2.39. The van der Waals surface area contributed by atoms with Crippen molar-refractivity contribution in [1.29, 1.82) is 0 Å². The number of benzene rings is 1. The molecule has 1 aliphatic rings. The molecule has 3 heteroatoms. The third kappa shape index (κ3) is 3.04. The lowest BCUT2D eigenvalue weighted by molar-refractivity contribution is -0.143. The van der Waals surface area contributed by atoms with Gasteiger partial charge >= 0.3 is 5.97 Å². The molecule has 0 unspecified atom stereocenters. The van der Waals surface area contributed by atoms with Crippen molar-refractivity contribution in [3.8, 4) is 0 Å². The van der Waals surface area contributed by atoms with Gasteiger partial charge in [0.25, 0.3) is 0 Å². The van der Waals surface area contributed by atoms with Gasteiger partial charge in [-0.05, 0) is 38.7 Å². The van der Waals surface area contributed by atoms with Crippen LogP contribution in [0, 0.1) is 6.92 Å². The van der Waals surface area contributed by atoms with E-state index in [1.165, 1.54) is 5.56 Å². The molecule has 1 fully saturated rings. The second kappa shape index (κ2) is 5.57. The molecular weight excluding hydrogens is 252 g/mol. The minimum Gasteiger partial charge on any atom is -0.481 e. The third-order valence-electron chi connectivity index (χ3n) is 4.64. The fourth-order valence-electron chi connectivity index (χ4n) is 3.27. The second-order valence-corrected chi connectivity index (χ2v) is 6.30. The lowest BCUT2D eigenvalue weighted by atomic mass is 9.66. The van der Waals surface area contributed by atoms with E-state index in [-0.39, 0.29) is 17.4 Å². The average Bonchev–Trinajstić information content (AvgIpc) is 2.38. The summed E-state index contributed by atoms with van der Waals surface area (Å²) in [6, 6.07) is 8.30. The first-order chi connectivity index (χ1) is 9.39. The van der Waals surface area contributed by atoms with Gasteiger partial charge in [-0.3, -0.25) is 4.79 Å². The van der Waals surface area contributed by atoms with Crippen molar-refractivity contribution >= 4 is 5.97 Å². The van der Waals surface area contributed by atoms with E-state index >= 15 is 0 Å². The van der Waals surface area contributed by atoms with Crippen molar-refractivity contribution in [2.75, 3.05) is 6.61 Å². The highest BCUT2D eigenvalue weighted by Crippen LogP contribution is 2.45. The zero-order chi connectivity index (χ0) is 14.8. The average molecular weight is 276 g/mol. The van der Waals surface area contributed by atoms with E-state index in [1.54, 1.807) is 0 Å². The van der Waals surface area contributed by atoms with E-state index in [4.69, 9.17) is 4.74 Å². The van der Waals surface area contributed by atoms with Gasteiger partial charge in [-0.1, -0.05) is 36.8 Å². The number of aryl methyl sites for hydroxylation is 1.